The molecule has 0 aromatic heterocycles. The van der Waals surface area contributed by atoms with Gasteiger partial charge in [0.25, 0.3) is 0 Å². The summed E-state index contributed by atoms with van der Waals surface area (Å²) in [7, 11) is 6.33. The van der Waals surface area contributed by atoms with E-state index in [1.54, 1.807) is 28.4 Å². The maximum Gasteiger partial charge on any atom is 0.203 e. The molecule has 0 bridgehead atoms. The minimum absolute atomic E-state index is 0.0721. The summed E-state index contributed by atoms with van der Waals surface area (Å²) in [6, 6.07) is 7.62. The van der Waals surface area contributed by atoms with Crippen LogP contribution in [0.1, 0.15) is 36.2 Å². The second-order valence-electron chi connectivity index (χ2n) is 6.20. The summed E-state index contributed by atoms with van der Waals surface area (Å²) in [5.41, 5.74) is 1.97. The molecular formula is C20H23IO6. The van der Waals surface area contributed by atoms with E-state index in [1.165, 1.54) is 0 Å². The number of aromatic hydroxyl groups is 1. The van der Waals surface area contributed by atoms with Crippen molar-refractivity contribution >= 4 is 22.6 Å². The molecule has 2 aromatic rings. The van der Waals surface area contributed by atoms with Crippen molar-refractivity contribution in [3.05, 3.63) is 39.0 Å². The molecule has 2 atom stereocenters. The molecule has 3 rings (SSSR count). The van der Waals surface area contributed by atoms with Crippen LogP contribution in [-0.2, 0) is 4.74 Å². The monoisotopic (exact) mass is 486 g/mol. The number of halogens is 1. The summed E-state index contributed by atoms with van der Waals surface area (Å²) in [6.07, 6.45) is 1.58. The summed E-state index contributed by atoms with van der Waals surface area (Å²) in [5.74, 6) is 2.40. The van der Waals surface area contributed by atoms with E-state index in [0.29, 0.717) is 23.0 Å². The molecule has 0 amide bonds. The van der Waals surface area contributed by atoms with Crippen LogP contribution in [0.2, 0.25) is 0 Å². The van der Waals surface area contributed by atoms with E-state index in [2.05, 4.69) is 22.6 Å². The lowest BCUT2D eigenvalue weighted by molar-refractivity contribution is 0.0436. The fourth-order valence-electron chi connectivity index (χ4n) is 3.35. The number of ether oxygens (including phenoxy) is 5. The maximum absolute atomic E-state index is 10.0. The quantitative estimate of drug-likeness (QED) is 0.602. The fourth-order valence-corrected chi connectivity index (χ4v) is 3.98. The van der Waals surface area contributed by atoms with E-state index < -0.39 is 0 Å². The Morgan fingerprint density at radius 2 is 1.30 bits per heavy atom. The van der Waals surface area contributed by atoms with Gasteiger partial charge in [-0.25, -0.2) is 0 Å². The predicted molar refractivity (Wildman–Crippen MR) is 109 cm³/mol. The van der Waals surface area contributed by atoms with Crippen LogP contribution in [0.3, 0.4) is 0 Å². The van der Waals surface area contributed by atoms with Gasteiger partial charge in [0, 0.05) is 0 Å². The normalized spacial score (nSPS) is 19.0. The molecule has 0 saturated carbocycles. The van der Waals surface area contributed by atoms with Crippen LogP contribution in [0.15, 0.2) is 24.3 Å². The van der Waals surface area contributed by atoms with Crippen molar-refractivity contribution in [2.24, 2.45) is 0 Å². The molecule has 1 N–H and O–H groups in total. The molecule has 0 spiro atoms. The zero-order chi connectivity index (χ0) is 19.6. The Balaban J connectivity index is 1.87. The van der Waals surface area contributed by atoms with Gasteiger partial charge in [-0.1, -0.05) is 0 Å². The molecule has 27 heavy (non-hydrogen) atoms. The van der Waals surface area contributed by atoms with E-state index in [4.69, 9.17) is 23.7 Å². The second kappa shape index (κ2) is 8.43. The number of phenolic OH excluding ortho intramolecular Hbond substituents is 1. The zero-order valence-corrected chi connectivity index (χ0v) is 17.9. The van der Waals surface area contributed by atoms with Crippen LogP contribution in [0.5, 0.6) is 28.7 Å². The Kier molecular flexibility index (Phi) is 6.21. The Bertz CT molecular complexity index is 797. The van der Waals surface area contributed by atoms with Crippen molar-refractivity contribution in [2.75, 3.05) is 28.4 Å². The van der Waals surface area contributed by atoms with Gasteiger partial charge in [0.05, 0.1) is 44.2 Å². The molecule has 6 nitrogen and oxygen atoms in total. The van der Waals surface area contributed by atoms with Crippen LogP contribution in [0, 0.1) is 3.57 Å². The van der Waals surface area contributed by atoms with Crippen LogP contribution in [0.4, 0.5) is 0 Å². The van der Waals surface area contributed by atoms with Gasteiger partial charge in [-0.2, -0.15) is 0 Å². The van der Waals surface area contributed by atoms with Crippen molar-refractivity contribution in [2.45, 2.75) is 25.0 Å². The van der Waals surface area contributed by atoms with Crippen LogP contribution in [0.25, 0.3) is 0 Å². The fraction of sp³-hybridized carbons (Fsp3) is 0.400. The third-order valence-electron chi connectivity index (χ3n) is 4.72. The minimum atomic E-state index is -0.0823. The topological polar surface area (TPSA) is 66.4 Å². The summed E-state index contributed by atoms with van der Waals surface area (Å²) in [6.45, 7) is 0. The molecule has 0 radical (unpaired) electrons. The van der Waals surface area contributed by atoms with Crippen LogP contribution >= 0.6 is 22.6 Å². The molecule has 1 heterocycles. The minimum Gasteiger partial charge on any atom is -0.504 e. The number of benzene rings is 2. The number of rotatable bonds is 6. The Morgan fingerprint density at radius 1 is 0.815 bits per heavy atom. The number of methoxy groups -OCH3 is 4. The molecule has 7 heteroatoms. The lowest BCUT2D eigenvalue weighted by Gasteiger charge is -2.19. The van der Waals surface area contributed by atoms with E-state index in [0.717, 1.165) is 27.5 Å². The van der Waals surface area contributed by atoms with Gasteiger partial charge in [-0.15, -0.1) is 0 Å². The highest BCUT2D eigenvalue weighted by Gasteiger charge is 2.30. The number of phenols is 1. The number of hydrogen-bond acceptors (Lipinski definition) is 6. The summed E-state index contributed by atoms with van der Waals surface area (Å²) in [5, 5.41) is 10.0. The lowest BCUT2D eigenvalue weighted by Crippen LogP contribution is -2.03. The van der Waals surface area contributed by atoms with E-state index in [1.807, 2.05) is 24.3 Å². The maximum atomic E-state index is 10.0. The van der Waals surface area contributed by atoms with Crippen molar-refractivity contribution in [3.8, 4) is 28.7 Å². The SMILES string of the molecule is COc1cc(C2CCC(c3cc(OC)c(OC)c(OC)c3)O2)cc(I)c1O. The van der Waals surface area contributed by atoms with Crippen molar-refractivity contribution in [3.63, 3.8) is 0 Å². The summed E-state index contributed by atoms with van der Waals surface area (Å²) < 4.78 is 28.6. The van der Waals surface area contributed by atoms with Crippen molar-refractivity contribution in [1.82, 2.24) is 0 Å². The van der Waals surface area contributed by atoms with Crippen LogP contribution < -0.4 is 18.9 Å². The van der Waals surface area contributed by atoms with Crippen molar-refractivity contribution in [1.29, 1.82) is 0 Å². The highest BCUT2D eigenvalue weighted by Crippen LogP contribution is 2.47. The van der Waals surface area contributed by atoms with Gasteiger partial charge in [0.1, 0.15) is 0 Å². The second-order valence-corrected chi connectivity index (χ2v) is 7.37. The first kappa shape index (κ1) is 19.9. The largest absolute Gasteiger partial charge is 0.504 e. The van der Waals surface area contributed by atoms with Gasteiger partial charge in [0.15, 0.2) is 23.0 Å². The first-order valence-electron chi connectivity index (χ1n) is 8.54. The van der Waals surface area contributed by atoms with Gasteiger partial charge in [0.2, 0.25) is 5.75 Å². The van der Waals surface area contributed by atoms with Gasteiger partial charge in [-0.05, 0) is 70.8 Å². The average molecular weight is 486 g/mol. The van der Waals surface area contributed by atoms with Gasteiger partial charge < -0.3 is 28.8 Å². The van der Waals surface area contributed by atoms with E-state index in [-0.39, 0.29) is 18.0 Å². The predicted octanol–water partition coefficient (Wildman–Crippen LogP) is 4.62. The molecule has 1 aliphatic heterocycles. The highest BCUT2D eigenvalue weighted by molar-refractivity contribution is 14.1. The van der Waals surface area contributed by atoms with Crippen LogP contribution in [-0.4, -0.2) is 33.5 Å². The van der Waals surface area contributed by atoms with Gasteiger partial charge >= 0.3 is 0 Å². The Morgan fingerprint density at radius 3 is 1.78 bits per heavy atom. The van der Waals surface area contributed by atoms with Crippen molar-refractivity contribution < 1.29 is 28.8 Å². The number of hydrogen-bond donors (Lipinski definition) is 1. The summed E-state index contributed by atoms with van der Waals surface area (Å²) >= 11 is 2.10. The molecule has 146 valence electrons. The van der Waals surface area contributed by atoms with E-state index in [9.17, 15) is 5.11 Å². The Hall–Kier alpha value is -1.87. The molecule has 1 aliphatic rings. The third kappa shape index (κ3) is 3.89. The van der Waals surface area contributed by atoms with E-state index >= 15 is 0 Å². The molecule has 0 aliphatic carbocycles. The Labute approximate surface area is 172 Å². The molecule has 1 fully saturated rings. The first-order chi connectivity index (χ1) is 13.0. The first-order valence-corrected chi connectivity index (χ1v) is 9.62. The third-order valence-corrected chi connectivity index (χ3v) is 5.54. The zero-order valence-electron chi connectivity index (χ0n) is 15.7. The smallest absolute Gasteiger partial charge is 0.203 e. The average Bonchev–Trinajstić information content (AvgIpc) is 3.18. The standard InChI is InChI=1S/C20H23IO6/c1-23-16-8-11(7-13(21)19(16)22)14-5-6-15(27-14)12-9-17(24-2)20(26-4)18(10-12)25-3/h7-10,14-15,22H,5-6H2,1-4H3. The van der Waals surface area contributed by atoms with Gasteiger partial charge in [-0.3, -0.25) is 0 Å². The highest BCUT2D eigenvalue weighted by atomic mass is 127. The molecular weight excluding hydrogens is 463 g/mol. The lowest BCUT2D eigenvalue weighted by atomic mass is 10.0. The summed E-state index contributed by atoms with van der Waals surface area (Å²) in [4.78, 5) is 0. The molecule has 1 saturated heterocycles. The molecule has 2 aromatic carbocycles. The molecule has 2 unspecified atom stereocenters.